The van der Waals surface area contributed by atoms with E-state index < -0.39 is 0 Å². The summed E-state index contributed by atoms with van der Waals surface area (Å²) in [6.07, 6.45) is 5.50. The number of rotatable bonds is 3. The Kier molecular flexibility index (Phi) is 4.90. The van der Waals surface area contributed by atoms with E-state index in [2.05, 4.69) is 34.1 Å². The fourth-order valence-electron chi connectivity index (χ4n) is 4.73. The van der Waals surface area contributed by atoms with Gasteiger partial charge in [-0.3, -0.25) is 4.79 Å². The van der Waals surface area contributed by atoms with Gasteiger partial charge in [0, 0.05) is 37.6 Å². The zero-order chi connectivity index (χ0) is 21.4. The fraction of sp³-hybridized carbons (Fsp3) is 0.333. The summed E-state index contributed by atoms with van der Waals surface area (Å²) in [7, 11) is 3.17. The lowest BCUT2D eigenvalue weighted by Crippen LogP contribution is -2.52. The molecule has 0 atom stereocenters. The first-order valence-corrected chi connectivity index (χ1v) is 10.5. The monoisotopic (exact) mass is 418 g/mol. The van der Waals surface area contributed by atoms with Crippen LogP contribution in [-0.4, -0.2) is 47.7 Å². The number of methoxy groups -OCH3 is 2. The molecule has 31 heavy (non-hydrogen) atoms. The van der Waals surface area contributed by atoms with Gasteiger partial charge in [-0.05, 0) is 42.7 Å². The highest BCUT2D eigenvalue weighted by atomic mass is 16.5. The highest BCUT2D eigenvalue weighted by Crippen LogP contribution is 2.37. The van der Waals surface area contributed by atoms with Crippen molar-refractivity contribution in [1.82, 2.24) is 19.8 Å². The molecule has 2 aromatic carbocycles. The summed E-state index contributed by atoms with van der Waals surface area (Å²) in [6.45, 7) is 2.09. The molecule has 1 spiro atoms. The molecule has 3 heterocycles. The van der Waals surface area contributed by atoms with Gasteiger partial charge in [-0.15, -0.1) is 0 Å². The third kappa shape index (κ3) is 3.25. The number of nitrogens with one attached hydrogen (secondary N) is 1. The molecule has 0 aliphatic carbocycles. The predicted octanol–water partition coefficient (Wildman–Crippen LogP) is 3.12. The standard InChI is InChI=1S/C24H26N4O3/c1-30-20-8-7-17(15-21(20)31-2)22(29)27-12-9-24(10-13-27)23-25-11-14-28(23)19-6-4-3-5-18(19)16-26-24/h3-8,11,14-15,26H,9-10,12-13,16H2,1-2H3. The van der Waals surface area contributed by atoms with Gasteiger partial charge in [0.2, 0.25) is 0 Å². The van der Waals surface area contributed by atoms with Crippen LogP contribution in [-0.2, 0) is 12.1 Å². The molecular formula is C24H26N4O3. The second-order valence-electron chi connectivity index (χ2n) is 8.05. The van der Waals surface area contributed by atoms with E-state index in [0.29, 0.717) is 30.2 Å². The molecule has 0 saturated carbocycles. The molecule has 1 saturated heterocycles. The Hall–Kier alpha value is -3.32. The highest BCUT2D eigenvalue weighted by Gasteiger charge is 2.42. The smallest absolute Gasteiger partial charge is 0.253 e. The summed E-state index contributed by atoms with van der Waals surface area (Å²) in [5, 5.41) is 3.77. The fourth-order valence-corrected chi connectivity index (χ4v) is 4.73. The van der Waals surface area contributed by atoms with Crippen LogP contribution in [0.4, 0.5) is 0 Å². The summed E-state index contributed by atoms with van der Waals surface area (Å²) >= 11 is 0. The Morgan fingerprint density at radius 3 is 2.61 bits per heavy atom. The third-order valence-electron chi connectivity index (χ3n) is 6.47. The van der Waals surface area contributed by atoms with Gasteiger partial charge in [-0.2, -0.15) is 0 Å². The molecular weight excluding hydrogens is 392 g/mol. The Bertz CT molecular complexity index is 1120. The maximum atomic E-state index is 13.2. The van der Waals surface area contributed by atoms with Gasteiger partial charge >= 0.3 is 0 Å². The number of hydrogen-bond donors (Lipinski definition) is 1. The van der Waals surface area contributed by atoms with E-state index in [-0.39, 0.29) is 11.4 Å². The van der Waals surface area contributed by atoms with Crippen LogP contribution in [0.2, 0.25) is 0 Å². The number of carbonyl (C=O) groups is 1. The molecule has 0 bridgehead atoms. The molecule has 5 rings (SSSR count). The summed E-state index contributed by atoms with van der Waals surface area (Å²) < 4.78 is 12.8. The number of hydrogen-bond acceptors (Lipinski definition) is 5. The van der Waals surface area contributed by atoms with Crippen LogP contribution in [0.15, 0.2) is 54.9 Å². The van der Waals surface area contributed by atoms with Crippen molar-refractivity contribution in [1.29, 1.82) is 0 Å². The van der Waals surface area contributed by atoms with Crippen LogP contribution in [0.3, 0.4) is 0 Å². The van der Waals surface area contributed by atoms with Crippen molar-refractivity contribution >= 4 is 5.91 Å². The van der Waals surface area contributed by atoms with E-state index >= 15 is 0 Å². The molecule has 0 radical (unpaired) electrons. The number of likely N-dealkylation sites (tertiary alicyclic amines) is 1. The molecule has 2 aliphatic heterocycles. The van der Waals surface area contributed by atoms with Crippen LogP contribution in [0.5, 0.6) is 11.5 Å². The Morgan fingerprint density at radius 1 is 1.06 bits per heavy atom. The summed E-state index contributed by atoms with van der Waals surface area (Å²) in [4.78, 5) is 19.8. The first-order valence-electron chi connectivity index (χ1n) is 10.5. The van der Waals surface area contributed by atoms with Gasteiger partial charge in [-0.25, -0.2) is 4.98 Å². The summed E-state index contributed by atoms with van der Waals surface area (Å²) in [5.74, 6) is 2.21. The van der Waals surface area contributed by atoms with Crippen LogP contribution < -0.4 is 14.8 Å². The van der Waals surface area contributed by atoms with Crippen molar-refractivity contribution in [2.45, 2.75) is 24.9 Å². The van der Waals surface area contributed by atoms with E-state index in [0.717, 1.165) is 25.2 Å². The van der Waals surface area contributed by atoms with E-state index in [1.807, 2.05) is 17.3 Å². The second kappa shape index (κ2) is 7.74. The first kappa shape index (κ1) is 19.6. The van der Waals surface area contributed by atoms with Gasteiger partial charge in [0.15, 0.2) is 11.5 Å². The maximum absolute atomic E-state index is 13.2. The van der Waals surface area contributed by atoms with Crippen LogP contribution in [0, 0.1) is 0 Å². The minimum Gasteiger partial charge on any atom is -0.493 e. The van der Waals surface area contributed by atoms with Crippen molar-refractivity contribution in [3.8, 4) is 17.2 Å². The Morgan fingerprint density at radius 2 is 1.84 bits per heavy atom. The molecule has 7 nitrogen and oxygen atoms in total. The number of piperidine rings is 1. The molecule has 1 fully saturated rings. The number of amides is 1. The SMILES string of the molecule is COc1ccc(C(=O)N2CCC3(CC2)NCc2ccccc2-n2ccnc23)cc1OC. The number of fused-ring (bicyclic) bond motifs is 4. The third-order valence-corrected chi connectivity index (χ3v) is 6.47. The van der Waals surface area contributed by atoms with Crippen LogP contribution >= 0.6 is 0 Å². The molecule has 1 amide bonds. The van der Waals surface area contributed by atoms with Gasteiger partial charge < -0.3 is 24.3 Å². The van der Waals surface area contributed by atoms with Gasteiger partial charge in [0.05, 0.1) is 25.4 Å². The second-order valence-corrected chi connectivity index (χ2v) is 8.05. The lowest BCUT2D eigenvalue weighted by atomic mass is 9.86. The van der Waals surface area contributed by atoms with Gasteiger partial charge in [0.25, 0.3) is 5.91 Å². The van der Waals surface area contributed by atoms with Crippen molar-refractivity contribution in [3.63, 3.8) is 0 Å². The molecule has 160 valence electrons. The number of imidazole rings is 1. The first-order chi connectivity index (χ1) is 15.1. The zero-order valence-corrected chi connectivity index (χ0v) is 17.8. The minimum absolute atomic E-state index is 0.0102. The van der Waals surface area contributed by atoms with E-state index in [9.17, 15) is 4.79 Å². The number of carbonyl (C=O) groups excluding carboxylic acids is 1. The molecule has 7 heteroatoms. The zero-order valence-electron chi connectivity index (χ0n) is 17.8. The largest absolute Gasteiger partial charge is 0.493 e. The lowest BCUT2D eigenvalue weighted by Gasteiger charge is -2.41. The number of nitrogens with zero attached hydrogens (tertiary/aromatic N) is 3. The topological polar surface area (TPSA) is 68.6 Å². The molecule has 1 N–H and O–H groups in total. The summed E-state index contributed by atoms with van der Waals surface area (Å²) in [5.41, 5.74) is 2.78. The quantitative estimate of drug-likeness (QED) is 0.708. The molecule has 2 aliphatic rings. The summed E-state index contributed by atoms with van der Waals surface area (Å²) in [6, 6.07) is 13.7. The highest BCUT2D eigenvalue weighted by molar-refractivity contribution is 5.95. The molecule has 0 unspecified atom stereocenters. The average Bonchev–Trinajstić information content (AvgIpc) is 3.29. The van der Waals surface area contributed by atoms with E-state index in [1.165, 1.54) is 11.3 Å². The van der Waals surface area contributed by atoms with E-state index in [1.54, 1.807) is 32.4 Å². The van der Waals surface area contributed by atoms with Crippen LogP contribution in [0.1, 0.15) is 34.6 Å². The van der Waals surface area contributed by atoms with Crippen LogP contribution in [0.25, 0.3) is 5.69 Å². The van der Waals surface area contributed by atoms with Crippen molar-refractivity contribution in [2.24, 2.45) is 0 Å². The number of para-hydroxylation sites is 1. The lowest BCUT2D eigenvalue weighted by molar-refractivity contribution is 0.0626. The normalized spacial score (nSPS) is 16.9. The molecule has 1 aromatic heterocycles. The minimum atomic E-state index is -0.253. The average molecular weight is 418 g/mol. The molecule has 3 aromatic rings. The Balaban J connectivity index is 1.38. The van der Waals surface area contributed by atoms with E-state index in [4.69, 9.17) is 14.5 Å². The number of ether oxygens (including phenoxy) is 2. The number of benzene rings is 2. The van der Waals surface area contributed by atoms with Crippen molar-refractivity contribution in [3.05, 3.63) is 71.8 Å². The van der Waals surface area contributed by atoms with Crippen molar-refractivity contribution in [2.75, 3.05) is 27.3 Å². The Labute approximate surface area is 181 Å². The number of aromatic nitrogens is 2. The van der Waals surface area contributed by atoms with Gasteiger partial charge in [0.1, 0.15) is 5.82 Å². The van der Waals surface area contributed by atoms with Crippen molar-refractivity contribution < 1.29 is 14.3 Å². The predicted molar refractivity (Wildman–Crippen MR) is 117 cm³/mol. The maximum Gasteiger partial charge on any atom is 0.253 e. The van der Waals surface area contributed by atoms with Gasteiger partial charge in [-0.1, -0.05) is 18.2 Å².